The number of rotatable bonds is 5. The van der Waals surface area contributed by atoms with Crippen LogP contribution in [-0.2, 0) is 16.6 Å². The molecule has 0 saturated carbocycles. The molecule has 0 aliphatic heterocycles. The quantitative estimate of drug-likeness (QED) is 0.717. The maximum atomic E-state index is 11.7. The first-order chi connectivity index (χ1) is 8.10. The highest BCUT2D eigenvalue weighted by atomic mass is 16.5. The fraction of sp³-hybridized carbons (Fsp3) is 0.500. The van der Waals surface area contributed by atoms with Crippen molar-refractivity contribution < 1.29 is 19.1 Å². The minimum atomic E-state index is -0.514. The zero-order valence-electron chi connectivity index (χ0n) is 10.0. The second-order valence-corrected chi connectivity index (χ2v) is 3.18. The molecule has 7 nitrogen and oxygen atoms in total. The third-order valence-corrected chi connectivity index (χ3v) is 2.03. The van der Waals surface area contributed by atoms with E-state index in [0.717, 1.165) is 0 Å². The molecule has 1 aromatic rings. The van der Waals surface area contributed by atoms with Crippen molar-refractivity contribution >= 4 is 11.9 Å². The Morgan fingerprint density at radius 2 is 2.24 bits per heavy atom. The first kappa shape index (κ1) is 13.0. The van der Waals surface area contributed by atoms with Crippen molar-refractivity contribution in [3.63, 3.8) is 0 Å². The third kappa shape index (κ3) is 3.20. The van der Waals surface area contributed by atoms with Crippen molar-refractivity contribution in [3.05, 3.63) is 11.8 Å². The van der Waals surface area contributed by atoms with Crippen molar-refractivity contribution in [2.24, 2.45) is 7.05 Å². The molecule has 94 valence electrons. The van der Waals surface area contributed by atoms with E-state index < -0.39 is 11.9 Å². The zero-order chi connectivity index (χ0) is 12.8. The molecule has 1 rings (SSSR count). The van der Waals surface area contributed by atoms with E-state index in [2.05, 4.69) is 15.2 Å². The molecular formula is C10H15N3O4. The number of nitrogens with zero attached hydrogens (tertiary/aromatic N) is 2. The Hall–Kier alpha value is -2.05. The fourth-order valence-electron chi connectivity index (χ4n) is 1.21. The van der Waals surface area contributed by atoms with Crippen molar-refractivity contribution in [1.29, 1.82) is 0 Å². The summed E-state index contributed by atoms with van der Waals surface area (Å²) < 4.78 is 11.2. The number of carbonyl (C=O) groups is 2. The zero-order valence-corrected chi connectivity index (χ0v) is 10.0. The maximum absolute atomic E-state index is 11.7. The number of nitrogens with one attached hydrogen (secondary N) is 1. The fourth-order valence-corrected chi connectivity index (χ4v) is 1.21. The van der Waals surface area contributed by atoms with Crippen LogP contribution in [0.1, 0.15) is 17.3 Å². The molecule has 1 aromatic heterocycles. The molecule has 0 spiro atoms. The number of hydrogen-bond acceptors (Lipinski definition) is 5. The van der Waals surface area contributed by atoms with Gasteiger partial charge in [-0.3, -0.25) is 9.59 Å². The van der Waals surface area contributed by atoms with Crippen molar-refractivity contribution in [1.82, 2.24) is 15.1 Å². The highest BCUT2D eigenvalue weighted by molar-refractivity contribution is 5.97. The van der Waals surface area contributed by atoms with Gasteiger partial charge in [-0.25, -0.2) is 4.68 Å². The third-order valence-electron chi connectivity index (χ3n) is 2.03. The molecule has 0 bridgehead atoms. The van der Waals surface area contributed by atoms with E-state index in [9.17, 15) is 9.59 Å². The SMILES string of the molecule is CCOc1c(C(=O)NCC(=O)OC)cnn1C. The van der Waals surface area contributed by atoms with Crippen LogP contribution in [0.25, 0.3) is 0 Å². The molecule has 1 amide bonds. The predicted octanol–water partition coefficient (Wildman–Crippen LogP) is -0.278. The van der Waals surface area contributed by atoms with E-state index in [0.29, 0.717) is 18.1 Å². The summed E-state index contributed by atoms with van der Waals surface area (Å²) in [5.74, 6) is -0.568. The summed E-state index contributed by atoms with van der Waals surface area (Å²) in [5.41, 5.74) is 0.290. The second-order valence-electron chi connectivity index (χ2n) is 3.18. The van der Waals surface area contributed by atoms with Crippen molar-refractivity contribution in [3.8, 4) is 5.88 Å². The smallest absolute Gasteiger partial charge is 0.325 e. The van der Waals surface area contributed by atoms with E-state index in [-0.39, 0.29) is 6.54 Å². The number of ether oxygens (including phenoxy) is 2. The first-order valence-electron chi connectivity index (χ1n) is 5.10. The largest absolute Gasteiger partial charge is 0.478 e. The summed E-state index contributed by atoms with van der Waals surface area (Å²) in [6, 6.07) is 0. The predicted molar refractivity (Wildman–Crippen MR) is 58.7 cm³/mol. The molecule has 0 aromatic carbocycles. The molecule has 17 heavy (non-hydrogen) atoms. The summed E-state index contributed by atoms with van der Waals surface area (Å²) in [4.78, 5) is 22.6. The number of aromatic nitrogens is 2. The first-order valence-corrected chi connectivity index (χ1v) is 5.10. The minimum Gasteiger partial charge on any atom is -0.478 e. The molecular weight excluding hydrogens is 226 g/mol. The number of methoxy groups -OCH3 is 1. The summed E-state index contributed by atoms with van der Waals surface area (Å²) in [6.07, 6.45) is 1.39. The summed E-state index contributed by atoms with van der Waals surface area (Å²) in [7, 11) is 2.92. The van der Waals surface area contributed by atoms with Crippen LogP contribution >= 0.6 is 0 Å². The summed E-state index contributed by atoms with van der Waals surface area (Å²) in [5, 5.41) is 6.33. The highest BCUT2D eigenvalue weighted by Crippen LogP contribution is 2.16. The lowest BCUT2D eigenvalue weighted by Gasteiger charge is -2.06. The summed E-state index contributed by atoms with van der Waals surface area (Å²) in [6.45, 7) is 2.05. The van der Waals surface area contributed by atoms with E-state index in [1.54, 1.807) is 7.05 Å². The molecule has 0 aliphatic rings. The van der Waals surface area contributed by atoms with Gasteiger partial charge in [0.1, 0.15) is 12.1 Å². The second kappa shape index (κ2) is 5.88. The van der Waals surface area contributed by atoms with Gasteiger partial charge in [-0.05, 0) is 6.92 Å². The summed E-state index contributed by atoms with van der Waals surface area (Å²) >= 11 is 0. The normalized spacial score (nSPS) is 9.82. The Morgan fingerprint density at radius 1 is 1.53 bits per heavy atom. The van der Waals surface area contributed by atoms with Crippen LogP contribution < -0.4 is 10.1 Å². The lowest BCUT2D eigenvalue weighted by Crippen LogP contribution is -2.30. The van der Waals surface area contributed by atoms with Crippen LogP contribution in [0, 0.1) is 0 Å². The van der Waals surface area contributed by atoms with Gasteiger partial charge < -0.3 is 14.8 Å². The van der Waals surface area contributed by atoms with Crippen LogP contribution in [0.5, 0.6) is 5.88 Å². The Labute approximate surface area is 98.7 Å². The molecule has 0 fully saturated rings. The minimum absolute atomic E-state index is 0.185. The average molecular weight is 241 g/mol. The number of aryl methyl sites for hydroxylation is 1. The van der Waals surface area contributed by atoms with Crippen LogP contribution in [0.2, 0.25) is 0 Å². The number of carbonyl (C=O) groups excluding carboxylic acids is 2. The lowest BCUT2D eigenvalue weighted by molar-refractivity contribution is -0.139. The standard InChI is InChI=1S/C10H15N3O4/c1-4-17-10-7(5-12-13(10)2)9(15)11-6-8(14)16-3/h5H,4,6H2,1-3H3,(H,11,15). The topological polar surface area (TPSA) is 82.4 Å². The van der Waals surface area contributed by atoms with Gasteiger partial charge in [-0.15, -0.1) is 0 Å². The molecule has 1 heterocycles. The van der Waals surface area contributed by atoms with Gasteiger partial charge >= 0.3 is 5.97 Å². The molecule has 0 unspecified atom stereocenters. The van der Waals surface area contributed by atoms with Gasteiger partial charge in [0.15, 0.2) is 0 Å². The monoisotopic (exact) mass is 241 g/mol. The van der Waals surface area contributed by atoms with Crippen molar-refractivity contribution in [2.45, 2.75) is 6.92 Å². The Morgan fingerprint density at radius 3 is 2.82 bits per heavy atom. The molecule has 0 atom stereocenters. The van der Waals surface area contributed by atoms with E-state index in [1.165, 1.54) is 18.0 Å². The van der Waals surface area contributed by atoms with Gasteiger partial charge in [0.2, 0.25) is 5.88 Å². The van der Waals surface area contributed by atoms with Gasteiger partial charge in [-0.2, -0.15) is 5.10 Å². The lowest BCUT2D eigenvalue weighted by atomic mass is 10.3. The van der Waals surface area contributed by atoms with E-state index in [1.807, 2.05) is 6.92 Å². The number of esters is 1. The van der Waals surface area contributed by atoms with Crippen LogP contribution in [0.15, 0.2) is 6.20 Å². The Kier molecular flexibility index (Phi) is 4.50. The molecule has 0 aliphatic carbocycles. The average Bonchev–Trinajstić information content (AvgIpc) is 2.68. The molecule has 0 radical (unpaired) electrons. The van der Waals surface area contributed by atoms with Gasteiger partial charge in [0, 0.05) is 7.05 Å². The van der Waals surface area contributed by atoms with E-state index in [4.69, 9.17) is 4.74 Å². The van der Waals surface area contributed by atoms with Crippen LogP contribution in [0.4, 0.5) is 0 Å². The van der Waals surface area contributed by atoms with Gasteiger partial charge in [0.25, 0.3) is 5.91 Å². The highest BCUT2D eigenvalue weighted by Gasteiger charge is 2.17. The molecule has 7 heteroatoms. The number of amides is 1. The molecule has 0 saturated heterocycles. The van der Waals surface area contributed by atoms with Gasteiger partial charge in [-0.1, -0.05) is 0 Å². The number of hydrogen-bond donors (Lipinski definition) is 1. The Bertz CT molecular complexity index is 414. The Balaban J connectivity index is 2.71. The van der Waals surface area contributed by atoms with Crippen LogP contribution in [0.3, 0.4) is 0 Å². The maximum Gasteiger partial charge on any atom is 0.325 e. The van der Waals surface area contributed by atoms with Crippen molar-refractivity contribution in [2.75, 3.05) is 20.3 Å². The van der Waals surface area contributed by atoms with Crippen LogP contribution in [-0.4, -0.2) is 41.9 Å². The molecule has 1 N–H and O–H groups in total. The van der Waals surface area contributed by atoms with E-state index >= 15 is 0 Å². The van der Waals surface area contributed by atoms with Gasteiger partial charge in [0.05, 0.1) is 19.9 Å².